The van der Waals surface area contributed by atoms with E-state index in [-0.39, 0.29) is 11.1 Å². The van der Waals surface area contributed by atoms with Gasteiger partial charge in [0, 0.05) is 18.7 Å². The van der Waals surface area contributed by atoms with E-state index >= 15 is 0 Å². The second kappa shape index (κ2) is 4.80. The van der Waals surface area contributed by atoms with Gasteiger partial charge in [0.15, 0.2) is 0 Å². The molecule has 2 aromatic rings. The summed E-state index contributed by atoms with van der Waals surface area (Å²) in [6.07, 6.45) is 0. The Kier molecular flexibility index (Phi) is 3.20. The summed E-state index contributed by atoms with van der Waals surface area (Å²) in [6.45, 7) is 0.726. The molecule has 0 aliphatic heterocycles. The van der Waals surface area contributed by atoms with E-state index in [0.717, 1.165) is 11.1 Å². The highest BCUT2D eigenvalue weighted by Gasteiger charge is 2.02. The molecule has 0 fully saturated rings. The van der Waals surface area contributed by atoms with Gasteiger partial charge in [-0.1, -0.05) is 24.3 Å². The molecule has 0 saturated heterocycles. The third-order valence-corrected chi connectivity index (χ3v) is 2.56. The summed E-state index contributed by atoms with van der Waals surface area (Å²) >= 11 is 0. The number of hydrogen-bond donors (Lipinski definition) is 2. The van der Waals surface area contributed by atoms with Crippen LogP contribution in [-0.2, 0) is 13.1 Å². The number of nitrogens with one attached hydrogen (secondary N) is 1. The Balaban J connectivity index is 2.41. The number of benzene rings is 1. The van der Waals surface area contributed by atoms with Crippen molar-refractivity contribution < 1.29 is 0 Å². The molecule has 1 aromatic carbocycles. The van der Waals surface area contributed by atoms with Crippen molar-refractivity contribution in [3.8, 4) is 0 Å². The fraction of sp³-hybridized carbons (Fsp3) is 0.167. The maximum absolute atomic E-state index is 11.5. The zero-order chi connectivity index (χ0) is 12.3. The lowest BCUT2D eigenvalue weighted by Gasteiger charge is -2.09. The summed E-state index contributed by atoms with van der Waals surface area (Å²) in [5, 5.41) is 2.48. The van der Waals surface area contributed by atoms with Gasteiger partial charge in [-0.15, -0.1) is 0 Å². The van der Waals surface area contributed by atoms with Gasteiger partial charge < -0.3 is 5.73 Å². The molecule has 5 nitrogen and oxygen atoms in total. The van der Waals surface area contributed by atoms with Crippen molar-refractivity contribution in [2.75, 3.05) is 0 Å². The molecule has 1 aromatic heterocycles. The molecule has 0 unspecified atom stereocenters. The Morgan fingerprint density at radius 1 is 1.06 bits per heavy atom. The lowest BCUT2D eigenvalue weighted by molar-refractivity contribution is 0.623. The lowest BCUT2D eigenvalue weighted by Crippen LogP contribution is -2.28. The zero-order valence-electron chi connectivity index (χ0n) is 9.22. The van der Waals surface area contributed by atoms with Crippen LogP contribution in [0.5, 0.6) is 0 Å². The molecule has 17 heavy (non-hydrogen) atoms. The molecular weight excluding hydrogens is 218 g/mol. The van der Waals surface area contributed by atoms with Crippen LogP contribution in [0.4, 0.5) is 0 Å². The van der Waals surface area contributed by atoms with Gasteiger partial charge >= 0.3 is 0 Å². The molecule has 0 spiro atoms. The standard InChI is InChI=1S/C12H13N3O2/c13-7-9-3-1-2-4-10(9)8-15-12(17)6-5-11(16)14-15/h1-6H,7-8,13H2,(H,14,16). The van der Waals surface area contributed by atoms with Gasteiger partial charge in [-0.05, 0) is 11.1 Å². The van der Waals surface area contributed by atoms with E-state index in [0.29, 0.717) is 13.1 Å². The van der Waals surface area contributed by atoms with Crippen LogP contribution >= 0.6 is 0 Å². The molecule has 0 amide bonds. The van der Waals surface area contributed by atoms with Crippen molar-refractivity contribution in [2.45, 2.75) is 13.1 Å². The molecular formula is C12H13N3O2. The Bertz CT molecular complexity index is 628. The van der Waals surface area contributed by atoms with Gasteiger partial charge in [-0.3, -0.25) is 14.7 Å². The lowest BCUT2D eigenvalue weighted by atomic mass is 10.1. The van der Waals surface area contributed by atoms with Crippen molar-refractivity contribution in [3.63, 3.8) is 0 Å². The minimum atomic E-state index is -0.296. The predicted molar refractivity (Wildman–Crippen MR) is 64.8 cm³/mol. The maximum atomic E-state index is 11.5. The topological polar surface area (TPSA) is 80.9 Å². The van der Waals surface area contributed by atoms with Crippen LogP contribution in [0.15, 0.2) is 46.0 Å². The van der Waals surface area contributed by atoms with E-state index in [1.54, 1.807) is 0 Å². The number of aromatic nitrogens is 2. The average Bonchev–Trinajstić information content (AvgIpc) is 2.34. The number of rotatable bonds is 3. The van der Waals surface area contributed by atoms with Gasteiger partial charge in [0.1, 0.15) is 0 Å². The number of aromatic amines is 1. The Hall–Kier alpha value is -2.14. The van der Waals surface area contributed by atoms with Gasteiger partial charge in [0.2, 0.25) is 0 Å². The Morgan fingerprint density at radius 3 is 2.47 bits per heavy atom. The van der Waals surface area contributed by atoms with Crippen molar-refractivity contribution in [1.82, 2.24) is 9.78 Å². The summed E-state index contributed by atoms with van der Waals surface area (Å²) in [7, 11) is 0. The molecule has 0 radical (unpaired) electrons. The van der Waals surface area contributed by atoms with Crippen LogP contribution in [0.2, 0.25) is 0 Å². The molecule has 0 saturated carbocycles. The number of H-pyrrole nitrogens is 1. The first-order valence-electron chi connectivity index (χ1n) is 5.28. The molecule has 3 N–H and O–H groups in total. The highest BCUT2D eigenvalue weighted by Crippen LogP contribution is 2.08. The van der Waals surface area contributed by atoms with Crippen molar-refractivity contribution in [2.24, 2.45) is 5.73 Å². The number of hydrogen-bond acceptors (Lipinski definition) is 3. The third-order valence-electron chi connectivity index (χ3n) is 2.56. The molecule has 2 rings (SSSR count). The minimum Gasteiger partial charge on any atom is -0.326 e. The number of nitrogens with zero attached hydrogens (tertiary/aromatic N) is 1. The molecule has 0 aliphatic rings. The van der Waals surface area contributed by atoms with Gasteiger partial charge in [0.05, 0.1) is 6.54 Å². The minimum absolute atomic E-state index is 0.239. The van der Waals surface area contributed by atoms with E-state index in [9.17, 15) is 9.59 Å². The first kappa shape index (κ1) is 11.3. The van der Waals surface area contributed by atoms with Crippen LogP contribution in [0.3, 0.4) is 0 Å². The monoisotopic (exact) mass is 231 g/mol. The molecule has 0 aliphatic carbocycles. The van der Waals surface area contributed by atoms with E-state index in [1.165, 1.54) is 16.8 Å². The molecule has 0 atom stereocenters. The van der Waals surface area contributed by atoms with E-state index in [2.05, 4.69) is 5.10 Å². The van der Waals surface area contributed by atoms with Crippen LogP contribution < -0.4 is 16.9 Å². The normalized spacial score (nSPS) is 10.4. The van der Waals surface area contributed by atoms with Gasteiger partial charge in [-0.25, -0.2) is 4.68 Å². The third kappa shape index (κ3) is 2.51. The van der Waals surface area contributed by atoms with Crippen LogP contribution in [0.25, 0.3) is 0 Å². The van der Waals surface area contributed by atoms with Crippen LogP contribution in [0, 0.1) is 0 Å². The smallest absolute Gasteiger partial charge is 0.265 e. The SMILES string of the molecule is NCc1ccccc1Cn1[nH]c(=O)ccc1=O. The number of nitrogens with two attached hydrogens (primary N) is 1. The summed E-state index contributed by atoms with van der Waals surface area (Å²) in [6, 6.07) is 10.0. The first-order valence-corrected chi connectivity index (χ1v) is 5.28. The maximum Gasteiger partial charge on any atom is 0.265 e. The summed E-state index contributed by atoms with van der Waals surface area (Å²) in [4.78, 5) is 22.7. The van der Waals surface area contributed by atoms with Crippen LogP contribution in [0.1, 0.15) is 11.1 Å². The Morgan fingerprint density at radius 2 is 1.76 bits per heavy atom. The highest BCUT2D eigenvalue weighted by molar-refractivity contribution is 5.26. The van der Waals surface area contributed by atoms with Crippen molar-refractivity contribution in [1.29, 1.82) is 0 Å². The summed E-state index contributed by atoms with van der Waals surface area (Å²) in [5.41, 5.74) is 6.97. The molecule has 88 valence electrons. The van der Waals surface area contributed by atoms with Crippen molar-refractivity contribution >= 4 is 0 Å². The largest absolute Gasteiger partial charge is 0.326 e. The van der Waals surface area contributed by atoms with E-state index in [1.807, 2.05) is 24.3 Å². The van der Waals surface area contributed by atoms with Gasteiger partial charge in [0.25, 0.3) is 11.1 Å². The van der Waals surface area contributed by atoms with Gasteiger partial charge in [-0.2, -0.15) is 0 Å². The molecule has 5 heteroatoms. The fourth-order valence-electron chi connectivity index (χ4n) is 1.66. The first-order chi connectivity index (χ1) is 8.20. The zero-order valence-corrected chi connectivity index (χ0v) is 9.22. The fourth-order valence-corrected chi connectivity index (χ4v) is 1.66. The predicted octanol–water partition coefficient (Wildman–Crippen LogP) is 0.0436. The van der Waals surface area contributed by atoms with Crippen molar-refractivity contribution in [3.05, 3.63) is 68.2 Å². The van der Waals surface area contributed by atoms with E-state index < -0.39 is 0 Å². The van der Waals surface area contributed by atoms with Crippen LogP contribution in [-0.4, -0.2) is 9.78 Å². The van der Waals surface area contributed by atoms with E-state index in [4.69, 9.17) is 5.73 Å². The average molecular weight is 231 g/mol. The summed E-state index contributed by atoms with van der Waals surface area (Å²) in [5.74, 6) is 0. The second-order valence-corrected chi connectivity index (χ2v) is 3.71. The quantitative estimate of drug-likeness (QED) is 0.782. The highest BCUT2D eigenvalue weighted by atomic mass is 16.1. The molecule has 0 bridgehead atoms. The summed E-state index contributed by atoms with van der Waals surface area (Å²) < 4.78 is 1.27. The Labute approximate surface area is 97.5 Å². The second-order valence-electron chi connectivity index (χ2n) is 3.71. The molecule has 1 heterocycles.